The Hall–Kier alpha value is -4.84. The third-order valence-corrected chi connectivity index (χ3v) is 9.96. The van der Waals surface area contributed by atoms with E-state index in [9.17, 15) is 9.59 Å². The minimum Gasteiger partial charge on any atom is -0.378 e. The van der Waals surface area contributed by atoms with Crippen molar-refractivity contribution < 1.29 is 9.59 Å². The maximum absolute atomic E-state index is 13.2. The van der Waals surface area contributed by atoms with E-state index in [1.807, 2.05) is 28.2 Å². The smallest absolute Gasteiger partial charge is 0.161 e. The molecule has 6 heteroatoms. The van der Waals surface area contributed by atoms with Crippen LogP contribution in [0.5, 0.6) is 0 Å². The van der Waals surface area contributed by atoms with Gasteiger partial charge in [-0.15, -0.1) is 0 Å². The van der Waals surface area contributed by atoms with Crippen LogP contribution >= 0.6 is 0 Å². The van der Waals surface area contributed by atoms with Crippen LogP contribution < -0.4 is 20.4 Å². The number of anilines is 4. The Balaban J connectivity index is 1.29. The van der Waals surface area contributed by atoms with Gasteiger partial charge in [-0.05, 0) is 59.4 Å². The molecule has 2 aliphatic carbocycles. The molecule has 0 spiro atoms. The molecule has 6 nitrogen and oxygen atoms in total. The summed E-state index contributed by atoms with van der Waals surface area (Å²) < 4.78 is 0. The molecule has 44 heavy (non-hydrogen) atoms. The lowest BCUT2D eigenvalue weighted by Gasteiger charge is -2.33. The number of Topliss-reactive ketones (excluding diaryl/α,β-unsaturated/α-hetero) is 2. The molecule has 2 heterocycles. The number of hydrogen-bond acceptors (Lipinski definition) is 6. The highest BCUT2D eigenvalue weighted by Gasteiger charge is 2.40. The number of carbonyl (C=O) groups is 2. The number of benzene rings is 4. The Labute approximate surface area is 258 Å². The number of ketones is 2. The van der Waals surface area contributed by atoms with Gasteiger partial charge in [0, 0.05) is 97.6 Å². The highest BCUT2D eigenvalue weighted by molar-refractivity contribution is 6.11. The van der Waals surface area contributed by atoms with Crippen molar-refractivity contribution in [1.29, 1.82) is 0 Å². The van der Waals surface area contributed by atoms with Gasteiger partial charge in [0.15, 0.2) is 11.6 Å². The fourth-order valence-corrected chi connectivity index (χ4v) is 7.72. The van der Waals surface area contributed by atoms with E-state index < -0.39 is 0 Å². The van der Waals surface area contributed by atoms with Crippen LogP contribution in [0.1, 0.15) is 59.8 Å². The van der Waals surface area contributed by atoms with Gasteiger partial charge < -0.3 is 20.4 Å². The predicted molar refractivity (Wildman–Crippen MR) is 179 cm³/mol. The normalized spacial score (nSPS) is 20.2. The summed E-state index contributed by atoms with van der Waals surface area (Å²) in [6.45, 7) is 0. The largest absolute Gasteiger partial charge is 0.378 e. The van der Waals surface area contributed by atoms with Gasteiger partial charge in [-0.1, -0.05) is 48.5 Å². The van der Waals surface area contributed by atoms with Gasteiger partial charge in [0.25, 0.3) is 0 Å². The van der Waals surface area contributed by atoms with Gasteiger partial charge in [0.2, 0.25) is 0 Å². The molecule has 4 aliphatic rings. The summed E-state index contributed by atoms with van der Waals surface area (Å²) in [5.41, 5.74) is 12.9. The first kappa shape index (κ1) is 26.8. The number of carbonyl (C=O) groups excluding carboxylic acids is 2. The standard InChI is InChI=1S/C38H36N4O2/c1-41(2)23-9-5-21(6-10-23)33-27-15-13-26-25(37(27)39-29-17-19-31(43)35(29)33)14-16-28-34(22-7-11-24(12-8-22)42(3)4)36-30(40-38(26)28)18-20-32(36)44/h5-16,33-34,39-40H,17-20H2,1-4H3. The highest BCUT2D eigenvalue weighted by atomic mass is 16.1. The lowest BCUT2D eigenvalue weighted by atomic mass is 9.77. The van der Waals surface area contributed by atoms with Crippen LogP contribution in [0.2, 0.25) is 0 Å². The zero-order chi connectivity index (χ0) is 30.3. The first-order valence-electron chi connectivity index (χ1n) is 15.5. The fraction of sp³-hybridized carbons (Fsp3) is 0.263. The number of allylic oxidation sites excluding steroid dienone is 4. The van der Waals surface area contributed by atoms with Crippen LogP contribution in [0.25, 0.3) is 10.8 Å². The number of rotatable bonds is 4. The van der Waals surface area contributed by atoms with E-state index in [0.717, 1.165) is 91.2 Å². The van der Waals surface area contributed by atoms with Crippen LogP contribution in [-0.2, 0) is 9.59 Å². The summed E-state index contributed by atoms with van der Waals surface area (Å²) in [5.74, 6) is 0.261. The highest BCUT2D eigenvalue weighted by Crippen LogP contribution is 2.53. The Morgan fingerprint density at radius 3 is 1.27 bits per heavy atom. The lowest BCUT2D eigenvalue weighted by molar-refractivity contribution is -0.115. The molecule has 2 N–H and O–H groups in total. The molecule has 2 atom stereocenters. The fourth-order valence-electron chi connectivity index (χ4n) is 7.72. The van der Waals surface area contributed by atoms with Crippen molar-refractivity contribution >= 4 is 45.1 Å². The molecule has 0 aromatic heterocycles. The number of nitrogens with one attached hydrogen (secondary N) is 2. The van der Waals surface area contributed by atoms with E-state index in [-0.39, 0.29) is 23.4 Å². The van der Waals surface area contributed by atoms with Gasteiger partial charge in [-0.25, -0.2) is 0 Å². The van der Waals surface area contributed by atoms with Gasteiger partial charge in [-0.3, -0.25) is 9.59 Å². The van der Waals surface area contributed by atoms with Gasteiger partial charge >= 0.3 is 0 Å². The van der Waals surface area contributed by atoms with Gasteiger partial charge in [0.05, 0.1) is 11.4 Å². The van der Waals surface area contributed by atoms with Crippen LogP contribution in [0.3, 0.4) is 0 Å². The second-order valence-corrected chi connectivity index (χ2v) is 12.9. The van der Waals surface area contributed by atoms with Crippen LogP contribution in [0.4, 0.5) is 22.7 Å². The number of hydrogen-bond donors (Lipinski definition) is 2. The third kappa shape index (κ3) is 3.93. The lowest BCUT2D eigenvalue weighted by Crippen LogP contribution is -2.21. The zero-order valence-corrected chi connectivity index (χ0v) is 25.6. The summed E-state index contributed by atoms with van der Waals surface area (Å²) >= 11 is 0. The van der Waals surface area contributed by atoms with Gasteiger partial charge in [-0.2, -0.15) is 0 Å². The molecule has 220 valence electrons. The summed E-state index contributed by atoms with van der Waals surface area (Å²) in [7, 11) is 8.17. The van der Waals surface area contributed by atoms with Crippen molar-refractivity contribution in [1.82, 2.24) is 0 Å². The molecule has 0 saturated carbocycles. The SMILES string of the molecule is CN(C)c1ccc(C2C3=C(CCC3=O)Nc3c2ccc2c4c(ccc32)C(c2ccc(N(C)C)cc2)C2=C(CCC2=O)N4)cc1. The molecule has 0 radical (unpaired) electrons. The summed E-state index contributed by atoms with van der Waals surface area (Å²) in [5, 5.41) is 9.73. The second-order valence-electron chi connectivity index (χ2n) is 12.9. The molecular weight excluding hydrogens is 544 g/mol. The average Bonchev–Trinajstić information content (AvgIpc) is 3.60. The van der Waals surface area contributed by atoms with E-state index in [4.69, 9.17) is 0 Å². The topological polar surface area (TPSA) is 64.7 Å². The Kier molecular flexibility index (Phi) is 5.99. The van der Waals surface area contributed by atoms with Gasteiger partial charge in [0.1, 0.15) is 0 Å². The Bertz CT molecular complexity index is 1810. The molecule has 0 amide bonds. The second kappa shape index (κ2) is 9.84. The Morgan fingerprint density at radius 1 is 0.523 bits per heavy atom. The van der Waals surface area contributed by atoms with Crippen molar-refractivity contribution in [2.75, 3.05) is 48.6 Å². The summed E-state index contributed by atoms with van der Waals surface area (Å²) in [4.78, 5) is 30.7. The number of nitrogens with zero attached hydrogens (tertiary/aromatic N) is 2. The van der Waals surface area contributed by atoms with Crippen molar-refractivity contribution in [3.63, 3.8) is 0 Å². The molecule has 2 aliphatic heterocycles. The maximum atomic E-state index is 13.2. The van der Waals surface area contributed by atoms with Crippen LogP contribution in [-0.4, -0.2) is 39.8 Å². The molecule has 8 rings (SSSR count). The molecule has 4 aromatic carbocycles. The van der Waals surface area contributed by atoms with Crippen molar-refractivity contribution in [2.45, 2.75) is 37.5 Å². The van der Waals surface area contributed by atoms with Crippen LogP contribution in [0.15, 0.2) is 95.3 Å². The molecular formula is C38H36N4O2. The monoisotopic (exact) mass is 580 g/mol. The molecule has 0 saturated heterocycles. The van der Waals surface area contributed by atoms with E-state index in [0.29, 0.717) is 12.8 Å². The third-order valence-electron chi connectivity index (χ3n) is 9.96. The molecule has 2 unspecified atom stereocenters. The van der Waals surface area contributed by atoms with E-state index >= 15 is 0 Å². The zero-order valence-electron chi connectivity index (χ0n) is 25.6. The Morgan fingerprint density at radius 2 is 0.909 bits per heavy atom. The summed E-state index contributed by atoms with van der Waals surface area (Å²) in [6.07, 6.45) is 2.57. The van der Waals surface area contributed by atoms with E-state index in [1.165, 1.54) is 0 Å². The predicted octanol–water partition coefficient (Wildman–Crippen LogP) is 7.32. The van der Waals surface area contributed by atoms with E-state index in [2.05, 4.69) is 93.2 Å². The van der Waals surface area contributed by atoms with E-state index in [1.54, 1.807) is 0 Å². The first-order valence-corrected chi connectivity index (χ1v) is 15.5. The molecule has 4 aromatic rings. The number of fused-ring (bicyclic) bond motifs is 5. The quantitative estimate of drug-likeness (QED) is 0.264. The molecule has 0 fully saturated rings. The van der Waals surface area contributed by atoms with Crippen molar-refractivity contribution in [2.24, 2.45) is 0 Å². The van der Waals surface area contributed by atoms with Crippen molar-refractivity contribution in [3.8, 4) is 0 Å². The molecule has 0 bridgehead atoms. The minimum absolute atomic E-state index is 0.106. The first-order chi connectivity index (χ1) is 21.3. The maximum Gasteiger partial charge on any atom is 0.161 e. The summed E-state index contributed by atoms with van der Waals surface area (Å²) in [6, 6.07) is 26.0. The van der Waals surface area contributed by atoms with Crippen molar-refractivity contribution in [3.05, 3.63) is 118 Å². The average molecular weight is 581 g/mol. The van der Waals surface area contributed by atoms with Crippen LogP contribution in [0, 0.1) is 0 Å². The minimum atomic E-state index is -0.106.